The zero-order valence-corrected chi connectivity index (χ0v) is 11.9. The predicted molar refractivity (Wildman–Crippen MR) is 77.7 cm³/mol. The van der Waals surface area contributed by atoms with E-state index in [0.29, 0.717) is 19.6 Å². The summed E-state index contributed by atoms with van der Waals surface area (Å²) < 4.78 is 0. The molecule has 0 bridgehead atoms. The molecule has 1 aliphatic rings. The topological polar surface area (TPSA) is 43.7 Å². The lowest BCUT2D eigenvalue weighted by Crippen LogP contribution is -2.32. The summed E-state index contributed by atoms with van der Waals surface area (Å²) in [4.78, 5) is 1.99. The van der Waals surface area contributed by atoms with Gasteiger partial charge in [-0.3, -0.25) is 4.90 Å². The average molecular weight is 284 g/mol. The lowest BCUT2D eigenvalue weighted by atomic mass is 10.0. The number of rotatable bonds is 7. The number of halogens is 1. The smallest absolute Gasteiger partial charge is 0.0712 e. The fourth-order valence-electron chi connectivity index (χ4n) is 2.70. The molecule has 0 aromatic heterocycles. The van der Waals surface area contributed by atoms with Crippen LogP contribution in [-0.4, -0.2) is 48.0 Å². The monoisotopic (exact) mass is 283 g/mol. The van der Waals surface area contributed by atoms with Crippen LogP contribution < -0.4 is 0 Å². The fraction of sp³-hybridized carbons (Fsp3) is 0.600. The normalized spacial score (nSPS) is 15.8. The Labute approximate surface area is 119 Å². The van der Waals surface area contributed by atoms with Gasteiger partial charge in [0.15, 0.2) is 0 Å². The minimum Gasteiger partial charge on any atom is -0.395 e. The van der Waals surface area contributed by atoms with E-state index in [1.54, 1.807) is 0 Å². The van der Waals surface area contributed by atoms with Crippen LogP contribution in [0.2, 0.25) is 0 Å². The van der Waals surface area contributed by atoms with Crippen molar-refractivity contribution in [1.82, 2.24) is 4.90 Å². The molecule has 0 fully saturated rings. The summed E-state index contributed by atoms with van der Waals surface area (Å²) in [6.45, 7) is 1.94. The first-order chi connectivity index (χ1) is 9.24. The third kappa shape index (κ3) is 3.93. The van der Waals surface area contributed by atoms with E-state index < -0.39 is 0 Å². The van der Waals surface area contributed by atoms with Gasteiger partial charge in [0, 0.05) is 19.6 Å². The first-order valence-electron chi connectivity index (χ1n) is 6.94. The molecule has 0 saturated carbocycles. The summed E-state index contributed by atoms with van der Waals surface area (Å²) in [5.41, 5.74) is 4.03. The summed E-state index contributed by atoms with van der Waals surface area (Å²) in [5, 5.41) is 17.9. The minimum absolute atomic E-state index is 0.0911. The van der Waals surface area contributed by atoms with Gasteiger partial charge in [0.1, 0.15) is 0 Å². The number of benzene rings is 1. The third-order valence-electron chi connectivity index (χ3n) is 3.74. The van der Waals surface area contributed by atoms with E-state index in [0.717, 1.165) is 12.0 Å². The van der Waals surface area contributed by atoms with E-state index in [1.807, 2.05) is 4.90 Å². The molecule has 106 valence electrons. The molecule has 1 atom stereocenters. The van der Waals surface area contributed by atoms with Crippen LogP contribution in [0.5, 0.6) is 0 Å². The van der Waals surface area contributed by atoms with Crippen molar-refractivity contribution in [2.75, 3.05) is 32.8 Å². The van der Waals surface area contributed by atoms with Gasteiger partial charge in [0.05, 0.1) is 18.6 Å². The molecule has 0 heterocycles. The Hall–Kier alpha value is -0.610. The Kier molecular flexibility index (Phi) is 5.64. The van der Waals surface area contributed by atoms with Crippen LogP contribution in [-0.2, 0) is 12.8 Å². The van der Waals surface area contributed by atoms with E-state index in [4.69, 9.17) is 21.8 Å². The molecule has 4 heteroatoms. The first kappa shape index (κ1) is 14.8. The second kappa shape index (κ2) is 7.25. The Morgan fingerprint density at radius 3 is 2.47 bits per heavy atom. The van der Waals surface area contributed by atoms with Crippen LogP contribution in [0.4, 0.5) is 0 Å². The zero-order valence-electron chi connectivity index (χ0n) is 11.2. The van der Waals surface area contributed by atoms with E-state index >= 15 is 0 Å². The molecule has 1 aliphatic carbocycles. The van der Waals surface area contributed by atoms with E-state index in [1.165, 1.54) is 24.0 Å². The highest BCUT2D eigenvalue weighted by atomic mass is 35.5. The van der Waals surface area contributed by atoms with Gasteiger partial charge in [0.25, 0.3) is 0 Å². The first-order valence-corrected chi connectivity index (χ1v) is 7.38. The number of hydrogen-bond donors (Lipinski definition) is 2. The molecule has 2 rings (SSSR count). The second-order valence-corrected chi connectivity index (χ2v) is 5.62. The molecule has 1 aromatic carbocycles. The zero-order chi connectivity index (χ0) is 13.7. The van der Waals surface area contributed by atoms with E-state index in [9.17, 15) is 0 Å². The molecule has 0 saturated heterocycles. The SMILES string of the molecule is OCCN(CCO)CC(Cl)c1ccc2c(c1)CCC2. The molecule has 0 amide bonds. The molecule has 0 radical (unpaired) electrons. The molecule has 1 aromatic rings. The van der Waals surface area contributed by atoms with Crippen LogP contribution in [0.25, 0.3) is 0 Å². The quantitative estimate of drug-likeness (QED) is 0.749. The number of alkyl halides is 1. The predicted octanol–water partition coefficient (Wildman–Crippen LogP) is 1.74. The third-order valence-corrected chi connectivity index (χ3v) is 4.13. The summed E-state index contributed by atoms with van der Waals surface area (Å²) in [6, 6.07) is 6.52. The van der Waals surface area contributed by atoms with Gasteiger partial charge in [-0.05, 0) is 36.0 Å². The van der Waals surface area contributed by atoms with Crippen LogP contribution in [0, 0.1) is 0 Å². The van der Waals surface area contributed by atoms with Crippen molar-refractivity contribution in [2.24, 2.45) is 0 Å². The Morgan fingerprint density at radius 1 is 1.11 bits per heavy atom. The highest BCUT2D eigenvalue weighted by molar-refractivity contribution is 6.21. The number of aliphatic hydroxyl groups is 2. The van der Waals surface area contributed by atoms with Gasteiger partial charge in [-0.25, -0.2) is 0 Å². The van der Waals surface area contributed by atoms with Crippen molar-refractivity contribution >= 4 is 11.6 Å². The van der Waals surface area contributed by atoms with Crippen molar-refractivity contribution in [3.63, 3.8) is 0 Å². The number of fused-ring (bicyclic) bond motifs is 1. The molecular weight excluding hydrogens is 262 g/mol. The lowest BCUT2D eigenvalue weighted by Gasteiger charge is -2.23. The Balaban J connectivity index is 2.00. The highest BCUT2D eigenvalue weighted by Crippen LogP contribution is 2.28. The van der Waals surface area contributed by atoms with E-state index in [-0.39, 0.29) is 18.6 Å². The molecule has 0 aliphatic heterocycles. The highest BCUT2D eigenvalue weighted by Gasteiger charge is 2.16. The number of hydrogen-bond acceptors (Lipinski definition) is 3. The fourth-order valence-corrected chi connectivity index (χ4v) is 3.03. The Bertz CT molecular complexity index is 405. The van der Waals surface area contributed by atoms with Crippen LogP contribution in [0.15, 0.2) is 18.2 Å². The summed E-state index contributed by atoms with van der Waals surface area (Å²) in [5.74, 6) is 0. The number of nitrogens with zero attached hydrogens (tertiary/aromatic N) is 1. The number of aliphatic hydroxyl groups excluding tert-OH is 2. The van der Waals surface area contributed by atoms with Gasteiger partial charge < -0.3 is 10.2 Å². The minimum atomic E-state index is -0.0935. The molecule has 1 unspecified atom stereocenters. The van der Waals surface area contributed by atoms with Gasteiger partial charge in [0.2, 0.25) is 0 Å². The van der Waals surface area contributed by atoms with Crippen molar-refractivity contribution in [3.05, 3.63) is 34.9 Å². The summed E-state index contributed by atoms with van der Waals surface area (Å²) >= 11 is 6.47. The maximum Gasteiger partial charge on any atom is 0.0712 e. The molecular formula is C15H22ClNO2. The lowest BCUT2D eigenvalue weighted by molar-refractivity contribution is 0.161. The van der Waals surface area contributed by atoms with Crippen molar-refractivity contribution < 1.29 is 10.2 Å². The summed E-state index contributed by atoms with van der Waals surface area (Å²) in [6.07, 6.45) is 3.58. The van der Waals surface area contributed by atoms with Gasteiger partial charge in [-0.1, -0.05) is 18.2 Å². The molecule has 2 N–H and O–H groups in total. The van der Waals surface area contributed by atoms with Crippen molar-refractivity contribution in [3.8, 4) is 0 Å². The molecule has 19 heavy (non-hydrogen) atoms. The summed E-state index contributed by atoms with van der Waals surface area (Å²) in [7, 11) is 0. The number of aryl methyl sites for hydroxylation is 2. The van der Waals surface area contributed by atoms with Gasteiger partial charge >= 0.3 is 0 Å². The standard InChI is InChI=1S/C15H22ClNO2/c16-15(11-17(6-8-18)7-9-19)14-5-4-12-2-1-3-13(12)10-14/h4-5,10,15,18-19H,1-3,6-9,11H2. The maximum atomic E-state index is 9.01. The van der Waals surface area contributed by atoms with Crippen LogP contribution in [0.3, 0.4) is 0 Å². The molecule has 0 spiro atoms. The van der Waals surface area contributed by atoms with Crippen LogP contribution in [0.1, 0.15) is 28.5 Å². The maximum absolute atomic E-state index is 9.01. The average Bonchev–Trinajstić information content (AvgIpc) is 2.86. The largest absolute Gasteiger partial charge is 0.395 e. The van der Waals surface area contributed by atoms with Crippen LogP contribution >= 0.6 is 11.6 Å². The van der Waals surface area contributed by atoms with Gasteiger partial charge in [-0.2, -0.15) is 0 Å². The molecule has 3 nitrogen and oxygen atoms in total. The van der Waals surface area contributed by atoms with Crippen molar-refractivity contribution in [2.45, 2.75) is 24.6 Å². The van der Waals surface area contributed by atoms with E-state index in [2.05, 4.69) is 18.2 Å². The second-order valence-electron chi connectivity index (χ2n) is 5.10. The Morgan fingerprint density at radius 2 is 1.79 bits per heavy atom. The van der Waals surface area contributed by atoms with Crippen molar-refractivity contribution in [1.29, 1.82) is 0 Å². The van der Waals surface area contributed by atoms with Gasteiger partial charge in [-0.15, -0.1) is 11.6 Å².